The zero-order valence-corrected chi connectivity index (χ0v) is 18.4. The Morgan fingerprint density at radius 1 is 0.967 bits per heavy atom. The average molecular weight is 435 g/mol. The standard InChI is InChI=1S/C22H26O7S/c1-15-6-9-18(10-7-15)30(24,25)29-16(2)19(11-13-22(23)28-5)17-8-12-20(26-3)21(14-17)27-4/h6-14,16,19H,1-5H3/b13-11+/t16-,19+/m0/s1. The van der Waals surface area contributed by atoms with Crippen LogP contribution in [0.3, 0.4) is 0 Å². The fourth-order valence-corrected chi connectivity index (χ4v) is 3.97. The van der Waals surface area contributed by atoms with Gasteiger partial charge in [-0.1, -0.05) is 29.8 Å². The van der Waals surface area contributed by atoms with Crippen LogP contribution < -0.4 is 9.47 Å². The Morgan fingerprint density at radius 3 is 2.17 bits per heavy atom. The van der Waals surface area contributed by atoms with Gasteiger partial charge in [0, 0.05) is 12.0 Å². The van der Waals surface area contributed by atoms with Gasteiger partial charge >= 0.3 is 5.97 Å². The third kappa shape index (κ3) is 5.84. The molecule has 0 aliphatic rings. The lowest BCUT2D eigenvalue weighted by Gasteiger charge is -2.22. The fraction of sp³-hybridized carbons (Fsp3) is 0.318. The molecule has 0 fully saturated rings. The molecule has 8 heteroatoms. The minimum absolute atomic E-state index is 0.0583. The number of rotatable bonds is 9. The lowest BCUT2D eigenvalue weighted by molar-refractivity contribution is -0.134. The zero-order chi connectivity index (χ0) is 22.3. The van der Waals surface area contributed by atoms with Gasteiger partial charge in [-0.05, 0) is 43.7 Å². The number of ether oxygens (including phenoxy) is 3. The van der Waals surface area contributed by atoms with Gasteiger partial charge in [0.2, 0.25) is 0 Å². The zero-order valence-electron chi connectivity index (χ0n) is 17.6. The summed E-state index contributed by atoms with van der Waals surface area (Å²) < 4.78 is 46.2. The first-order chi connectivity index (χ1) is 14.2. The maximum atomic E-state index is 12.7. The molecule has 0 aliphatic carbocycles. The molecular weight excluding hydrogens is 408 g/mol. The predicted molar refractivity (Wildman–Crippen MR) is 112 cm³/mol. The van der Waals surface area contributed by atoms with Crippen molar-refractivity contribution in [1.82, 2.24) is 0 Å². The second kappa shape index (κ2) is 10.3. The first-order valence-electron chi connectivity index (χ1n) is 9.20. The van der Waals surface area contributed by atoms with E-state index in [-0.39, 0.29) is 4.90 Å². The molecule has 2 atom stereocenters. The van der Waals surface area contributed by atoms with Gasteiger partial charge in [-0.2, -0.15) is 8.42 Å². The number of hydrogen-bond donors (Lipinski definition) is 0. The highest BCUT2D eigenvalue weighted by atomic mass is 32.2. The van der Waals surface area contributed by atoms with Crippen molar-refractivity contribution in [1.29, 1.82) is 0 Å². The molecule has 2 aromatic rings. The van der Waals surface area contributed by atoms with E-state index in [0.29, 0.717) is 17.1 Å². The number of benzene rings is 2. The molecule has 0 N–H and O–H groups in total. The molecule has 30 heavy (non-hydrogen) atoms. The molecule has 0 saturated heterocycles. The van der Waals surface area contributed by atoms with E-state index in [2.05, 4.69) is 4.74 Å². The number of carbonyl (C=O) groups excluding carboxylic acids is 1. The van der Waals surface area contributed by atoms with Crippen LogP contribution in [0, 0.1) is 6.92 Å². The number of esters is 1. The van der Waals surface area contributed by atoms with Crippen LogP contribution in [0.2, 0.25) is 0 Å². The molecule has 2 aromatic carbocycles. The average Bonchev–Trinajstić information content (AvgIpc) is 2.73. The van der Waals surface area contributed by atoms with Gasteiger partial charge in [-0.25, -0.2) is 4.79 Å². The number of aryl methyl sites for hydroxylation is 1. The summed E-state index contributed by atoms with van der Waals surface area (Å²) in [4.78, 5) is 11.7. The van der Waals surface area contributed by atoms with Crippen molar-refractivity contribution < 1.29 is 31.6 Å². The van der Waals surface area contributed by atoms with Crippen LogP contribution in [0.15, 0.2) is 59.5 Å². The Labute approximate surface area is 177 Å². The van der Waals surface area contributed by atoms with Crippen molar-refractivity contribution in [3.05, 3.63) is 65.7 Å². The van der Waals surface area contributed by atoms with E-state index in [1.54, 1.807) is 43.3 Å². The van der Waals surface area contributed by atoms with E-state index in [0.717, 1.165) is 5.56 Å². The molecule has 0 bridgehead atoms. The molecule has 0 saturated carbocycles. The molecule has 7 nitrogen and oxygen atoms in total. The van der Waals surface area contributed by atoms with Crippen LogP contribution in [-0.4, -0.2) is 41.8 Å². The normalized spacial score (nSPS) is 13.6. The molecule has 0 amide bonds. The van der Waals surface area contributed by atoms with Gasteiger partial charge in [0.1, 0.15) is 0 Å². The quantitative estimate of drug-likeness (QED) is 0.338. The lowest BCUT2D eigenvalue weighted by atomic mass is 9.93. The van der Waals surface area contributed by atoms with Crippen LogP contribution in [0.1, 0.15) is 24.0 Å². The maximum Gasteiger partial charge on any atom is 0.330 e. The minimum Gasteiger partial charge on any atom is -0.493 e. The lowest BCUT2D eigenvalue weighted by Crippen LogP contribution is -2.22. The second-order valence-corrected chi connectivity index (χ2v) is 8.16. The molecule has 2 rings (SSSR count). The molecule has 0 aromatic heterocycles. The molecular formula is C22H26O7S. The highest BCUT2D eigenvalue weighted by Gasteiger charge is 2.26. The van der Waals surface area contributed by atoms with Crippen molar-refractivity contribution in [3.63, 3.8) is 0 Å². The van der Waals surface area contributed by atoms with Gasteiger partial charge in [0.15, 0.2) is 11.5 Å². The van der Waals surface area contributed by atoms with Crippen LogP contribution in [-0.2, 0) is 23.8 Å². The Kier molecular flexibility index (Phi) is 8.02. The van der Waals surface area contributed by atoms with Crippen molar-refractivity contribution >= 4 is 16.1 Å². The van der Waals surface area contributed by atoms with Crippen LogP contribution in [0.4, 0.5) is 0 Å². The monoisotopic (exact) mass is 434 g/mol. The predicted octanol–water partition coefficient (Wildman–Crippen LogP) is 3.62. The summed E-state index contributed by atoms with van der Waals surface area (Å²) in [6.45, 7) is 3.49. The van der Waals surface area contributed by atoms with E-state index in [1.807, 2.05) is 6.92 Å². The van der Waals surface area contributed by atoms with Crippen LogP contribution in [0.25, 0.3) is 0 Å². The molecule has 0 heterocycles. The maximum absolute atomic E-state index is 12.7. The minimum atomic E-state index is -4.01. The van der Waals surface area contributed by atoms with Gasteiger partial charge in [-0.15, -0.1) is 0 Å². The third-order valence-corrected chi connectivity index (χ3v) is 5.93. The SMILES string of the molecule is COC(=O)/C=C/[C@@H](c1ccc(OC)c(OC)c1)[C@H](C)OS(=O)(=O)c1ccc(C)cc1. The van der Waals surface area contributed by atoms with Crippen molar-refractivity contribution in [3.8, 4) is 11.5 Å². The Bertz CT molecular complexity index is 995. The summed E-state index contributed by atoms with van der Waals surface area (Å²) >= 11 is 0. The summed E-state index contributed by atoms with van der Waals surface area (Å²) in [5.41, 5.74) is 1.62. The van der Waals surface area contributed by atoms with Crippen molar-refractivity contribution in [2.75, 3.05) is 21.3 Å². The summed E-state index contributed by atoms with van der Waals surface area (Å²) in [5.74, 6) is -0.143. The summed E-state index contributed by atoms with van der Waals surface area (Å²) in [5, 5.41) is 0. The van der Waals surface area contributed by atoms with Gasteiger partial charge in [-0.3, -0.25) is 4.18 Å². The van der Waals surface area contributed by atoms with Gasteiger partial charge in [0.05, 0.1) is 32.3 Å². The molecule has 0 unspecified atom stereocenters. The first kappa shape index (κ1) is 23.4. The highest BCUT2D eigenvalue weighted by Crippen LogP contribution is 2.34. The first-order valence-corrected chi connectivity index (χ1v) is 10.6. The molecule has 0 spiro atoms. The summed E-state index contributed by atoms with van der Waals surface area (Å²) in [7, 11) is 0.278. The number of methoxy groups -OCH3 is 3. The second-order valence-electron chi connectivity index (χ2n) is 6.59. The number of carbonyl (C=O) groups is 1. The highest BCUT2D eigenvalue weighted by molar-refractivity contribution is 7.86. The van der Waals surface area contributed by atoms with E-state index in [1.165, 1.54) is 39.5 Å². The van der Waals surface area contributed by atoms with Crippen LogP contribution in [0.5, 0.6) is 11.5 Å². The summed E-state index contributed by atoms with van der Waals surface area (Å²) in [6, 6.07) is 11.6. The molecule has 162 valence electrons. The van der Waals surface area contributed by atoms with E-state index >= 15 is 0 Å². The smallest absolute Gasteiger partial charge is 0.330 e. The van der Waals surface area contributed by atoms with Crippen LogP contribution >= 0.6 is 0 Å². The molecule has 0 radical (unpaired) electrons. The van der Waals surface area contributed by atoms with Gasteiger partial charge in [0.25, 0.3) is 10.1 Å². The molecule has 0 aliphatic heterocycles. The topological polar surface area (TPSA) is 88.1 Å². The van der Waals surface area contributed by atoms with Crippen molar-refractivity contribution in [2.24, 2.45) is 0 Å². The summed E-state index contributed by atoms with van der Waals surface area (Å²) in [6.07, 6.45) is 1.96. The van der Waals surface area contributed by atoms with Crippen molar-refractivity contribution in [2.45, 2.75) is 30.8 Å². The Morgan fingerprint density at radius 2 is 1.60 bits per heavy atom. The fourth-order valence-electron chi connectivity index (χ4n) is 2.87. The number of hydrogen-bond acceptors (Lipinski definition) is 7. The third-order valence-electron chi connectivity index (χ3n) is 4.53. The largest absolute Gasteiger partial charge is 0.493 e. The Hall–Kier alpha value is -2.84. The van der Waals surface area contributed by atoms with Gasteiger partial charge < -0.3 is 14.2 Å². The van der Waals surface area contributed by atoms with E-state index in [9.17, 15) is 13.2 Å². The van der Waals surface area contributed by atoms with E-state index < -0.39 is 28.1 Å². The van der Waals surface area contributed by atoms with E-state index in [4.69, 9.17) is 13.7 Å². The Balaban J connectivity index is 2.40.